The molecular formula is C7H16N2O. The fourth-order valence-corrected chi connectivity index (χ4v) is 1.25. The van der Waals surface area contributed by atoms with Gasteiger partial charge in [-0.05, 0) is 19.9 Å². The van der Waals surface area contributed by atoms with Crippen LogP contribution in [0.5, 0.6) is 0 Å². The first-order chi connectivity index (χ1) is 4.83. The number of nitrogens with one attached hydrogen (secondary N) is 1. The molecule has 1 aliphatic heterocycles. The average Bonchev–Trinajstić information content (AvgIpc) is 1.88. The zero-order valence-corrected chi connectivity index (χ0v) is 6.47. The minimum Gasteiger partial charge on any atom is -0.378 e. The first kappa shape index (κ1) is 7.98. The molecule has 0 radical (unpaired) electrons. The first-order valence-electron chi connectivity index (χ1n) is 3.87. The fourth-order valence-electron chi connectivity index (χ4n) is 1.25. The summed E-state index contributed by atoms with van der Waals surface area (Å²) in [5.41, 5.74) is 5.41. The molecule has 10 heavy (non-hydrogen) atoms. The lowest BCUT2D eigenvalue weighted by Gasteiger charge is -2.28. The van der Waals surface area contributed by atoms with Crippen molar-refractivity contribution in [1.29, 1.82) is 0 Å². The summed E-state index contributed by atoms with van der Waals surface area (Å²) in [5, 5.41) is 3.41. The number of hydrogen-bond donors (Lipinski definition) is 2. The monoisotopic (exact) mass is 144 g/mol. The SMILES string of the molecule is CC1COCC(CCN)N1. The second kappa shape index (κ2) is 3.91. The van der Waals surface area contributed by atoms with E-state index >= 15 is 0 Å². The van der Waals surface area contributed by atoms with E-state index in [-0.39, 0.29) is 0 Å². The van der Waals surface area contributed by atoms with E-state index in [0.717, 1.165) is 26.2 Å². The van der Waals surface area contributed by atoms with Crippen molar-refractivity contribution in [3.05, 3.63) is 0 Å². The lowest BCUT2D eigenvalue weighted by molar-refractivity contribution is 0.0489. The van der Waals surface area contributed by atoms with E-state index in [1.54, 1.807) is 0 Å². The fraction of sp³-hybridized carbons (Fsp3) is 1.00. The smallest absolute Gasteiger partial charge is 0.0620 e. The highest BCUT2D eigenvalue weighted by Gasteiger charge is 2.16. The van der Waals surface area contributed by atoms with Gasteiger partial charge in [0, 0.05) is 12.1 Å². The van der Waals surface area contributed by atoms with Gasteiger partial charge in [0.1, 0.15) is 0 Å². The molecule has 0 saturated carbocycles. The standard InChI is InChI=1S/C7H16N2O/c1-6-4-10-5-7(9-6)2-3-8/h6-7,9H,2-5,8H2,1H3. The predicted molar refractivity (Wildman–Crippen MR) is 40.9 cm³/mol. The minimum absolute atomic E-state index is 0.480. The van der Waals surface area contributed by atoms with Crippen LogP contribution in [-0.2, 0) is 4.74 Å². The van der Waals surface area contributed by atoms with Crippen LogP contribution in [0.4, 0.5) is 0 Å². The van der Waals surface area contributed by atoms with Gasteiger partial charge in [0.15, 0.2) is 0 Å². The van der Waals surface area contributed by atoms with Gasteiger partial charge in [0.2, 0.25) is 0 Å². The molecule has 1 saturated heterocycles. The zero-order chi connectivity index (χ0) is 7.40. The van der Waals surface area contributed by atoms with E-state index < -0.39 is 0 Å². The number of morpholine rings is 1. The summed E-state index contributed by atoms with van der Waals surface area (Å²) in [6.45, 7) is 4.53. The lowest BCUT2D eigenvalue weighted by Crippen LogP contribution is -2.47. The summed E-state index contributed by atoms with van der Waals surface area (Å²) < 4.78 is 5.33. The average molecular weight is 144 g/mol. The van der Waals surface area contributed by atoms with Crippen molar-refractivity contribution in [3.8, 4) is 0 Å². The van der Waals surface area contributed by atoms with Crippen molar-refractivity contribution in [2.75, 3.05) is 19.8 Å². The number of rotatable bonds is 2. The van der Waals surface area contributed by atoms with Gasteiger partial charge in [-0.1, -0.05) is 0 Å². The van der Waals surface area contributed by atoms with Crippen molar-refractivity contribution >= 4 is 0 Å². The Kier molecular flexibility index (Phi) is 3.12. The summed E-state index contributed by atoms with van der Waals surface area (Å²) in [6, 6.07) is 0.971. The molecule has 60 valence electrons. The van der Waals surface area contributed by atoms with Crippen LogP contribution < -0.4 is 11.1 Å². The summed E-state index contributed by atoms with van der Waals surface area (Å²) >= 11 is 0. The van der Waals surface area contributed by atoms with Gasteiger partial charge in [-0.25, -0.2) is 0 Å². The summed E-state index contributed by atoms with van der Waals surface area (Å²) in [5.74, 6) is 0. The van der Waals surface area contributed by atoms with Crippen LogP contribution in [0.3, 0.4) is 0 Å². The second-order valence-electron chi connectivity index (χ2n) is 2.88. The number of ether oxygens (including phenoxy) is 1. The van der Waals surface area contributed by atoms with E-state index in [2.05, 4.69) is 12.2 Å². The Labute approximate surface area is 61.9 Å². The molecule has 0 aliphatic carbocycles. The van der Waals surface area contributed by atoms with Gasteiger partial charge in [0.05, 0.1) is 13.2 Å². The van der Waals surface area contributed by atoms with Crippen molar-refractivity contribution in [1.82, 2.24) is 5.32 Å². The lowest BCUT2D eigenvalue weighted by atomic mass is 10.1. The maximum absolute atomic E-state index is 5.41. The molecule has 3 N–H and O–H groups in total. The van der Waals surface area contributed by atoms with Crippen LogP contribution in [0.1, 0.15) is 13.3 Å². The summed E-state index contributed by atoms with van der Waals surface area (Å²) in [6.07, 6.45) is 1.02. The first-order valence-corrected chi connectivity index (χ1v) is 3.87. The molecule has 0 spiro atoms. The Hall–Kier alpha value is -0.120. The van der Waals surface area contributed by atoms with Crippen LogP contribution in [0, 0.1) is 0 Å². The highest BCUT2D eigenvalue weighted by molar-refractivity contribution is 4.75. The van der Waals surface area contributed by atoms with E-state index in [1.165, 1.54) is 0 Å². The van der Waals surface area contributed by atoms with Crippen molar-refractivity contribution in [2.24, 2.45) is 5.73 Å². The molecule has 0 aromatic rings. The molecule has 2 unspecified atom stereocenters. The van der Waals surface area contributed by atoms with Gasteiger partial charge < -0.3 is 15.8 Å². The van der Waals surface area contributed by atoms with Crippen molar-refractivity contribution in [2.45, 2.75) is 25.4 Å². The van der Waals surface area contributed by atoms with Gasteiger partial charge >= 0.3 is 0 Å². The molecule has 0 aromatic carbocycles. The quantitative estimate of drug-likeness (QED) is 0.560. The van der Waals surface area contributed by atoms with Crippen LogP contribution in [0.25, 0.3) is 0 Å². The second-order valence-corrected chi connectivity index (χ2v) is 2.88. The summed E-state index contributed by atoms with van der Waals surface area (Å²) in [7, 11) is 0. The van der Waals surface area contributed by atoms with Crippen molar-refractivity contribution in [3.63, 3.8) is 0 Å². The van der Waals surface area contributed by atoms with Crippen molar-refractivity contribution < 1.29 is 4.74 Å². The van der Waals surface area contributed by atoms with Crippen LogP contribution in [0.15, 0.2) is 0 Å². The van der Waals surface area contributed by atoms with Gasteiger partial charge in [-0.3, -0.25) is 0 Å². The normalized spacial score (nSPS) is 34.2. The maximum Gasteiger partial charge on any atom is 0.0620 e. The van der Waals surface area contributed by atoms with E-state index in [1.807, 2.05) is 0 Å². The minimum atomic E-state index is 0.480. The maximum atomic E-state index is 5.41. The van der Waals surface area contributed by atoms with Crippen LogP contribution in [0.2, 0.25) is 0 Å². The number of nitrogens with two attached hydrogens (primary N) is 1. The third-order valence-electron chi connectivity index (χ3n) is 1.72. The van der Waals surface area contributed by atoms with E-state index in [4.69, 9.17) is 10.5 Å². The Morgan fingerprint density at radius 1 is 1.60 bits per heavy atom. The molecule has 3 heteroatoms. The molecule has 1 fully saturated rings. The number of hydrogen-bond acceptors (Lipinski definition) is 3. The Morgan fingerprint density at radius 3 is 3.00 bits per heavy atom. The molecule has 0 amide bonds. The van der Waals surface area contributed by atoms with Crippen LogP contribution >= 0.6 is 0 Å². The van der Waals surface area contributed by atoms with Gasteiger partial charge in [0.25, 0.3) is 0 Å². The molecule has 1 aliphatic rings. The van der Waals surface area contributed by atoms with Gasteiger partial charge in [-0.15, -0.1) is 0 Å². The third-order valence-corrected chi connectivity index (χ3v) is 1.72. The highest BCUT2D eigenvalue weighted by atomic mass is 16.5. The molecule has 3 nitrogen and oxygen atoms in total. The molecule has 0 bridgehead atoms. The molecule has 1 rings (SSSR count). The zero-order valence-electron chi connectivity index (χ0n) is 6.47. The Bertz CT molecular complexity index is 95.6. The largest absolute Gasteiger partial charge is 0.378 e. The molecule has 2 atom stereocenters. The summed E-state index contributed by atoms with van der Waals surface area (Å²) in [4.78, 5) is 0. The molecule has 0 aromatic heterocycles. The Morgan fingerprint density at radius 2 is 2.40 bits per heavy atom. The molecule has 1 heterocycles. The van der Waals surface area contributed by atoms with Gasteiger partial charge in [-0.2, -0.15) is 0 Å². The van der Waals surface area contributed by atoms with E-state index in [9.17, 15) is 0 Å². The highest BCUT2D eigenvalue weighted by Crippen LogP contribution is 2.01. The Balaban J connectivity index is 2.18. The van der Waals surface area contributed by atoms with Crippen LogP contribution in [-0.4, -0.2) is 31.8 Å². The molecular weight excluding hydrogens is 128 g/mol. The van der Waals surface area contributed by atoms with E-state index in [0.29, 0.717) is 12.1 Å². The predicted octanol–water partition coefficient (Wildman–Crippen LogP) is -0.288. The topological polar surface area (TPSA) is 47.3 Å². The third kappa shape index (κ3) is 2.25.